The largest absolute Gasteiger partial charge is 0.477 e. The van der Waals surface area contributed by atoms with Crippen molar-refractivity contribution in [2.45, 2.75) is 19.3 Å². The molecule has 0 unspecified atom stereocenters. The number of methoxy groups -OCH3 is 1. The smallest absolute Gasteiger partial charge is 0.348 e. The van der Waals surface area contributed by atoms with E-state index in [2.05, 4.69) is 9.88 Å². The number of anilines is 1. The molecule has 4 N–H and O–H groups in total. The quantitative estimate of drug-likeness (QED) is 0.309. The van der Waals surface area contributed by atoms with Crippen molar-refractivity contribution >= 4 is 28.3 Å². The van der Waals surface area contributed by atoms with E-state index in [1.54, 1.807) is 0 Å². The fourth-order valence-electron chi connectivity index (χ4n) is 2.27. The van der Waals surface area contributed by atoms with Crippen molar-refractivity contribution in [3.05, 3.63) is 10.6 Å². The van der Waals surface area contributed by atoms with Crippen molar-refractivity contribution in [1.82, 2.24) is 9.99 Å². The van der Waals surface area contributed by atoms with E-state index in [4.69, 9.17) is 16.0 Å². The van der Waals surface area contributed by atoms with E-state index in [1.807, 2.05) is 0 Å². The number of carboxylic acid groups (broad SMARTS) is 1. The van der Waals surface area contributed by atoms with Crippen molar-refractivity contribution in [2.75, 3.05) is 38.3 Å². The lowest BCUT2D eigenvalue weighted by molar-refractivity contribution is 0.0701. The lowest BCUT2D eigenvalue weighted by atomic mass is 10.1. The van der Waals surface area contributed by atoms with Crippen molar-refractivity contribution < 1.29 is 14.6 Å². The van der Waals surface area contributed by atoms with E-state index in [9.17, 15) is 9.90 Å². The fourth-order valence-corrected chi connectivity index (χ4v) is 3.23. The van der Waals surface area contributed by atoms with Gasteiger partial charge in [0.15, 0.2) is 11.0 Å². The number of amidine groups is 1. The van der Waals surface area contributed by atoms with Crippen LogP contribution in [0.4, 0.5) is 5.13 Å². The number of hydrogen-bond donors (Lipinski definition) is 3. The van der Waals surface area contributed by atoms with Crippen LogP contribution < -0.4 is 10.7 Å². The number of aromatic nitrogens is 1. The Morgan fingerprint density at radius 1 is 1.50 bits per heavy atom. The number of carbonyl (C=O) groups is 1. The Morgan fingerprint density at radius 3 is 2.77 bits per heavy atom. The summed E-state index contributed by atoms with van der Waals surface area (Å²) >= 11 is 1.10. The van der Waals surface area contributed by atoms with Crippen molar-refractivity contribution in [3.63, 3.8) is 0 Å². The minimum atomic E-state index is -1.08. The van der Waals surface area contributed by atoms with Crippen LogP contribution in [0.15, 0.2) is 0 Å². The summed E-state index contributed by atoms with van der Waals surface area (Å²) in [6, 6.07) is 0. The highest BCUT2D eigenvalue weighted by atomic mass is 32.1. The van der Waals surface area contributed by atoms with Crippen LogP contribution in [0.5, 0.6) is 0 Å². The van der Waals surface area contributed by atoms with Gasteiger partial charge in [0.05, 0.1) is 13.2 Å². The molecule has 0 aliphatic carbocycles. The van der Waals surface area contributed by atoms with Crippen molar-refractivity contribution in [1.29, 1.82) is 5.41 Å². The van der Waals surface area contributed by atoms with Crippen LogP contribution in [0.3, 0.4) is 0 Å². The van der Waals surface area contributed by atoms with Gasteiger partial charge < -0.3 is 14.7 Å². The van der Waals surface area contributed by atoms with E-state index in [0.717, 1.165) is 42.3 Å². The molecule has 1 aliphatic rings. The molecule has 0 bridgehead atoms. The summed E-state index contributed by atoms with van der Waals surface area (Å²) in [5, 5.41) is 19.2. The topological polar surface area (TPSA) is 116 Å². The van der Waals surface area contributed by atoms with Gasteiger partial charge in [-0.25, -0.2) is 15.6 Å². The van der Waals surface area contributed by atoms with Crippen LogP contribution in [0.2, 0.25) is 0 Å². The minimum Gasteiger partial charge on any atom is -0.477 e. The van der Waals surface area contributed by atoms with Gasteiger partial charge in [-0.05, 0) is 19.3 Å². The second-order valence-electron chi connectivity index (χ2n) is 5.06. The van der Waals surface area contributed by atoms with Crippen molar-refractivity contribution in [2.24, 2.45) is 5.84 Å². The molecule has 0 amide bonds. The summed E-state index contributed by atoms with van der Waals surface area (Å²) in [4.78, 5) is 17.9. The number of hydrogen-bond acceptors (Lipinski definition) is 7. The van der Waals surface area contributed by atoms with Crippen LogP contribution >= 0.6 is 11.3 Å². The standard InChI is InChI=1S/C13H21N5O3S/c1-21-8-7-18(15)11(14)9-10(12(19)20)22-13(16-9)17-5-3-2-4-6-17/h14H,2-8,15H2,1H3,(H,19,20). The maximum Gasteiger partial charge on any atom is 0.348 e. The van der Waals surface area contributed by atoms with Gasteiger partial charge in [0.2, 0.25) is 0 Å². The van der Waals surface area contributed by atoms with Crippen LogP contribution in [0.25, 0.3) is 0 Å². The Bertz CT molecular complexity index is 542. The molecule has 22 heavy (non-hydrogen) atoms. The zero-order valence-corrected chi connectivity index (χ0v) is 13.4. The molecule has 1 aliphatic heterocycles. The third kappa shape index (κ3) is 3.73. The molecule has 2 heterocycles. The Morgan fingerprint density at radius 2 is 2.18 bits per heavy atom. The molecule has 9 heteroatoms. The van der Waals surface area contributed by atoms with Crippen LogP contribution in [-0.4, -0.2) is 60.3 Å². The third-order valence-corrected chi connectivity index (χ3v) is 4.59. The number of nitrogens with two attached hydrogens (primary N) is 1. The molecule has 2 rings (SSSR count). The van der Waals surface area contributed by atoms with Crippen LogP contribution in [0.1, 0.15) is 34.6 Å². The molecule has 0 radical (unpaired) electrons. The van der Waals surface area contributed by atoms with E-state index < -0.39 is 5.97 Å². The first kappa shape index (κ1) is 16.7. The average molecular weight is 327 g/mol. The highest BCUT2D eigenvalue weighted by Crippen LogP contribution is 2.29. The van der Waals surface area contributed by atoms with E-state index in [0.29, 0.717) is 18.3 Å². The summed E-state index contributed by atoms with van der Waals surface area (Å²) in [6.45, 7) is 2.39. The molecule has 1 fully saturated rings. The fraction of sp³-hybridized carbons (Fsp3) is 0.615. The van der Waals surface area contributed by atoms with Gasteiger partial charge in [0.25, 0.3) is 0 Å². The van der Waals surface area contributed by atoms with E-state index in [-0.39, 0.29) is 16.4 Å². The maximum atomic E-state index is 11.4. The van der Waals surface area contributed by atoms with Crippen LogP contribution in [0, 0.1) is 5.41 Å². The first-order valence-corrected chi connectivity index (χ1v) is 7.95. The summed E-state index contributed by atoms with van der Waals surface area (Å²) in [5.74, 6) is 4.59. The Balaban J connectivity index is 2.23. The van der Waals surface area contributed by atoms with Gasteiger partial charge in [-0.1, -0.05) is 11.3 Å². The summed E-state index contributed by atoms with van der Waals surface area (Å²) in [7, 11) is 1.54. The molecule has 0 spiro atoms. The zero-order valence-electron chi connectivity index (χ0n) is 12.5. The second kappa shape index (κ2) is 7.52. The maximum absolute atomic E-state index is 11.4. The Labute approximate surface area is 133 Å². The molecule has 122 valence electrons. The molecule has 1 aromatic heterocycles. The highest BCUT2D eigenvalue weighted by molar-refractivity contribution is 7.17. The molecule has 0 aromatic carbocycles. The minimum absolute atomic E-state index is 0.0541. The molecule has 1 aromatic rings. The van der Waals surface area contributed by atoms with E-state index in [1.165, 1.54) is 13.5 Å². The molecule has 1 saturated heterocycles. The summed E-state index contributed by atoms with van der Waals surface area (Å²) in [6.07, 6.45) is 3.33. The van der Waals surface area contributed by atoms with Crippen LogP contribution in [-0.2, 0) is 4.74 Å². The number of thiazole rings is 1. The molecular weight excluding hydrogens is 306 g/mol. The molecule has 8 nitrogen and oxygen atoms in total. The number of aromatic carboxylic acids is 1. The summed E-state index contributed by atoms with van der Waals surface area (Å²) in [5.41, 5.74) is 0.122. The normalized spacial score (nSPS) is 14.9. The summed E-state index contributed by atoms with van der Waals surface area (Å²) < 4.78 is 4.92. The third-order valence-electron chi connectivity index (χ3n) is 3.48. The van der Waals surface area contributed by atoms with Gasteiger partial charge >= 0.3 is 5.97 Å². The van der Waals surface area contributed by atoms with Gasteiger partial charge in [-0.3, -0.25) is 10.4 Å². The number of piperidine rings is 1. The Hall–Kier alpha value is -1.71. The molecule has 0 saturated carbocycles. The number of nitrogens with zero attached hydrogens (tertiary/aromatic N) is 3. The molecular formula is C13H21N5O3S. The first-order valence-electron chi connectivity index (χ1n) is 7.13. The number of ether oxygens (including phenoxy) is 1. The zero-order chi connectivity index (χ0) is 16.1. The van der Waals surface area contributed by atoms with Gasteiger partial charge in [-0.15, -0.1) is 0 Å². The number of rotatable bonds is 6. The number of hydrazine groups is 1. The van der Waals surface area contributed by atoms with E-state index >= 15 is 0 Å². The van der Waals surface area contributed by atoms with Gasteiger partial charge in [0, 0.05) is 20.2 Å². The number of carboxylic acids is 1. The lowest BCUT2D eigenvalue weighted by Crippen LogP contribution is -2.40. The van der Waals surface area contributed by atoms with Crippen molar-refractivity contribution in [3.8, 4) is 0 Å². The predicted molar refractivity (Wildman–Crippen MR) is 84.7 cm³/mol. The molecule has 0 atom stereocenters. The number of nitrogens with one attached hydrogen (secondary N) is 1. The monoisotopic (exact) mass is 327 g/mol. The average Bonchev–Trinajstić information content (AvgIpc) is 2.98. The predicted octanol–water partition coefficient (Wildman–Crippen LogP) is 0.979. The second-order valence-corrected chi connectivity index (χ2v) is 6.04. The highest BCUT2D eigenvalue weighted by Gasteiger charge is 2.25. The lowest BCUT2D eigenvalue weighted by Gasteiger charge is -2.25. The Kier molecular flexibility index (Phi) is 5.69. The first-order chi connectivity index (χ1) is 10.5. The van der Waals surface area contributed by atoms with Gasteiger partial charge in [0.1, 0.15) is 10.6 Å². The SMILES string of the molecule is COCCN(N)C(=N)c1nc(N2CCCCC2)sc1C(=O)O. The van der Waals surface area contributed by atoms with Gasteiger partial charge in [-0.2, -0.15) is 0 Å².